The summed E-state index contributed by atoms with van der Waals surface area (Å²) in [4.78, 5) is 16.5. The van der Waals surface area contributed by atoms with Crippen LogP contribution in [0.3, 0.4) is 0 Å². The van der Waals surface area contributed by atoms with Crippen molar-refractivity contribution >= 4 is 6.09 Å². The number of amides is 1. The molecule has 0 radical (unpaired) electrons. The molecule has 2 fully saturated rings. The summed E-state index contributed by atoms with van der Waals surface area (Å²) in [5.74, 6) is 0. The van der Waals surface area contributed by atoms with Gasteiger partial charge in [0.1, 0.15) is 5.60 Å². The van der Waals surface area contributed by atoms with E-state index in [1.807, 2.05) is 25.7 Å². The Labute approximate surface area is 104 Å². The van der Waals surface area contributed by atoms with Gasteiger partial charge >= 0.3 is 6.09 Å². The number of carbonyl (C=O) groups is 1. The molecular weight excluding hydrogens is 216 g/mol. The van der Waals surface area contributed by atoms with E-state index >= 15 is 0 Å². The number of rotatable bonds is 0. The topological polar surface area (TPSA) is 32.8 Å². The normalized spacial score (nSPS) is 30.2. The van der Waals surface area contributed by atoms with E-state index < -0.39 is 5.60 Å². The van der Waals surface area contributed by atoms with Crippen molar-refractivity contribution < 1.29 is 9.53 Å². The van der Waals surface area contributed by atoms with Crippen molar-refractivity contribution in [2.45, 2.75) is 51.2 Å². The molecule has 0 N–H and O–H groups in total. The zero-order valence-corrected chi connectivity index (χ0v) is 11.5. The summed E-state index contributed by atoms with van der Waals surface area (Å²) in [6, 6.07) is 0. The molecular formula is C13H24N2O2. The maximum absolute atomic E-state index is 12.2. The van der Waals surface area contributed by atoms with Crippen LogP contribution in [0.2, 0.25) is 0 Å². The van der Waals surface area contributed by atoms with Crippen LogP contribution in [-0.4, -0.2) is 53.7 Å². The molecule has 0 bridgehead atoms. The Balaban J connectivity index is 2.07. The van der Waals surface area contributed by atoms with Crippen molar-refractivity contribution in [2.24, 2.45) is 0 Å². The largest absolute Gasteiger partial charge is 0.444 e. The van der Waals surface area contributed by atoms with Gasteiger partial charge in [-0.25, -0.2) is 4.79 Å². The van der Waals surface area contributed by atoms with Crippen LogP contribution in [0, 0.1) is 0 Å². The van der Waals surface area contributed by atoms with E-state index in [0.717, 1.165) is 38.9 Å². The first-order valence-electron chi connectivity index (χ1n) is 6.52. The van der Waals surface area contributed by atoms with Gasteiger partial charge in [-0.1, -0.05) is 0 Å². The maximum atomic E-state index is 12.2. The minimum absolute atomic E-state index is 0.0527. The van der Waals surface area contributed by atoms with Crippen LogP contribution >= 0.6 is 0 Å². The van der Waals surface area contributed by atoms with Crippen molar-refractivity contribution in [3.05, 3.63) is 0 Å². The molecule has 0 aliphatic carbocycles. The lowest BCUT2D eigenvalue weighted by atomic mass is 9.95. The first kappa shape index (κ1) is 12.7. The molecule has 98 valence electrons. The van der Waals surface area contributed by atoms with E-state index in [1.165, 1.54) is 0 Å². The molecule has 0 aromatic rings. The molecule has 0 aromatic carbocycles. The van der Waals surface area contributed by atoms with Crippen LogP contribution in [0.5, 0.6) is 0 Å². The lowest BCUT2D eigenvalue weighted by Crippen LogP contribution is -2.50. The van der Waals surface area contributed by atoms with Crippen molar-refractivity contribution in [3.63, 3.8) is 0 Å². The Morgan fingerprint density at radius 1 is 1.24 bits per heavy atom. The highest BCUT2D eigenvalue weighted by Gasteiger charge is 2.48. The number of hydrogen-bond acceptors (Lipinski definition) is 3. The highest BCUT2D eigenvalue weighted by Crippen LogP contribution is 2.37. The molecule has 4 heteroatoms. The SMILES string of the molecule is CN1CCC2(CCCN2C(=O)OC(C)(C)C)C1. The van der Waals surface area contributed by atoms with E-state index in [2.05, 4.69) is 11.9 Å². The Hall–Kier alpha value is -0.770. The number of likely N-dealkylation sites (N-methyl/N-ethyl adjacent to an activating group) is 1. The predicted octanol–water partition coefficient (Wildman–Crippen LogP) is 2.09. The molecule has 0 saturated carbocycles. The van der Waals surface area contributed by atoms with Crippen molar-refractivity contribution in [1.82, 2.24) is 9.80 Å². The summed E-state index contributed by atoms with van der Waals surface area (Å²) < 4.78 is 5.51. The van der Waals surface area contributed by atoms with Crippen molar-refractivity contribution in [3.8, 4) is 0 Å². The van der Waals surface area contributed by atoms with Gasteiger partial charge in [0.05, 0.1) is 5.54 Å². The molecule has 2 rings (SSSR count). The van der Waals surface area contributed by atoms with Crippen LogP contribution in [-0.2, 0) is 4.74 Å². The second-order valence-corrected chi connectivity index (χ2v) is 6.45. The zero-order valence-electron chi connectivity index (χ0n) is 11.5. The Kier molecular flexibility index (Phi) is 3.10. The summed E-state index contributed by atoms with van der Waals surface area (Å²) in [6.07, 6.45) is 3.18. The number of carbonyl (C=O) groups excluding carboxylic acids is 1. The third-order valence-corrected chi connectivity index (χ3v) is 3.73. The minimum atomic E-state index is -0.397. The van der Waals surface area contributed by atoms with E-state index in [4.69, 9.17) is 4.74 Å². The van der Waals surface area contributed by atoms with E-state index in [1.54, 1.807) is 0 Å². The second-order valence-electron chi connectivity index (χ2n) is 6.45. The summed E-state index contributed by atoms with van der Waals surface area (Å²) in [7, 11) is 2.13. The molecule has 0 aromatic heterocycles. The quantitative estimate of drug-likeness (QED) is 0.650. The van der Waals surface area contributed by atoms with Crippen molar-refractivity contribution in [1.29, 1.82) is 0 Å². The fourth-order valence-electron chi connectivity index (χ4n) is 3.02. The first-order valence-corrected chi connectivity index (χ1v) is 6.52. The number of ether oxygens (including phenoxy) is 1. The average molecular weight is 240 g/mol. The number of hydrogen-bond donors (Lipinski definition) is 0. The molecule has 4 nitrogen and oxygen atoms in total. The van der Waals surface area contributed by atoms with Gasteiger partial charge < -0.3 is 14.5 Å². The van der Waals surface area contributed by atoms with Crippen LogP contribution in [0.15, 0.2) is 0 Å². The van der Waals surface area contributed by atoms with Crippen LogP contribution in [0.4, 0.5) is 4.79 Å². The van der Waals surface area contributed by atoms with E-state index in [-0.39, 0.29) is 11.6 Å². The molecule has 2 saturated heterocycles. The maximum Gasteiger partial charge on any atom is 0.410 e. The smallest absolute Gasteiger partial charge is 0.410 e. The lowest BCUT2D eigenvalue weighted by molar-refractivity contribution is 0.00961. The van der Waals surface area contributed by atoms with Crippen LogP contribution in [0.25, 0.3) is 0 Å². The van der Waals surface area contributed by atoms with E-state index in [0.29, 0.717) is 0 Å². The predicted molar refractivity (Wildman–Crippen MR) is 67.0 cm³/mol. The zero-order chi connectivity index (χ0) is 12.7. The van der Waals surface area contributed by atoms with E-state index in [9.17, 15) is 4.79 Å². The molecule has 1 spiro atoms. The Morgan fingerprint density at radius 3 is 2.47 bits per heavy atom. The molecule has 17 heavy (non-hydrogen) atoms. The van der Waals surface area contributed by atoms with Crippen LogP contribution < -0.4 is 0 Å². The Bertz CT molecular complexity index is 311. The molecule has 1 amide bonds. The number of nitrogens with zero attached hydrogens (tertiary/aromatic N) is 2. The molecule has 1 atom stereocenters. The fraction of sp³-hybridized carbons (Fsp3) is 0.923. The molecule has 2 aliphatic heterocycles. The Morgan fingerprint density at radius 2 is 1.94 bits per heavy atom. The second kappa shape index (κ2) is 4.16. The van der Waals surface area contributed by atoms with Crippen molar-refractivity contribution in [2.75, 3.05) is 26.7 Å². The van der Waals surface area contributed by atoms with Gasteiger partial charge in [-0.2, -0.15) is 0 Å². The molecule has 1 unspecified atom stereocenters. The standard InChI is InChI=1S/C13H24N2O2/c1-12(2,3)17-11(16)15-8-5-6-13(15)7-9-14(4)10-13/h5-10H2,1-4H3. The summed E-state index contributed by atoms with van der Waals surface area (Å²) >= 11 is 0. The molecule has 2 aliphatic rings. The van der Waals surface area contributed by atoms with Gasteiger partial charge in [0.25, 0.3) is 0 Å². The van der Waals surface area contributed by atoms with Gasteiger partial charge in [0.15, 0.2) is 0 Å². The first-order chi connectivity index (χ1) is 7.82. The third-order valence-electron chi connectivity index (χ3n) is 3.73. The highest BCUT2D eigenvalue weighted by atomic mass is 16.6. The lowest BCUT2D eigenvalue weighted by Gasteiger charge is -2.36. The van der Waals surface area contributed by atoms with Gasteiger partial charge in [0.2, 0.25) is 0 Å². The van der Waals surface area contributed by atoms with Gasteiger partial charge in [-0.05, 0) is 47.1 Å². The molecule has 2 heterocycles. The minimum Gasteiger partial charge on any atom is -0.444 e. The third kappa shape index (κ3) is 2.57. The monoisotopic (exact) mass is 240 g/mol. The summed E-state index contributed by atoms with van der Waals surface area (Å²) in [6.45, 7) is 8.70. The summed E-state index contributed by atoms with van der Waals surface area (Å²) in [5, 5.41) is 0. The van der Waals surface area contributed by atoms with Gasteiger partial charge in [0, 0.05) is 19.6 Å². The highest BCUT2D eigenvalue weighted by molar-refractivity contribution is 5.70. The fourth-order valence-corrected chi connectivity index (χ4v) is 3.02. The summed E-state index contributed by atoms with van der Waals surface area (Å²) in [5.41, 5.74) is -0.345. The average Bonchev–Trinajstić information content (AvgIpc) is 2.72. The number of likely N-dealkylation sites (tertiary alicyclic amines) is 2. The van der Waals surface area contributed by atoms with Gasteiger partial charge in [-0.3, -0.25) is 0 Å². The van der Waals surface area contributed by atoms with Gasteiger partial charge in [-0.15, -0.1) is 0 Å². The van der Waals surface area contributed by atoms with Crippen LogP contribution in [0.1, 0.15) is 40.0 Å².